The highest BCUT2D eigenvalue weighted by atomic mass is 35.5. The number of urea groups is 1. The average Bonchev–Trinajstić information content (AvgIpc) is 1.63. The maximum Gasteiger partial charge on any atom is 0.324 e. The molecule has 4 amide bonds. The number of rotatable bonds is 9. The Kier molecular flexibility index (Phi) is 21.7. The summed E-state index contributed by atoms with van der Waals surface area (Å²) in [5.41, 5.74) is 11.0. The Hall–Kier alpha value is -9.39. The van der Waals surface area contributed by atoms with E-state index in [0.717, 1.165) is 153 Å². The van der Waals surface area contributed by atoms with Crippen LogP contribution < -0.4 is 30.2 Å². The lowest BCUT2D eigenvalue weighted by Crippen LogP contribution is -2.66. The summed E-state index contributed by atoms with van der Waals surface area (Å²) < 4.78 is 48.8. The maximum atomic E-state index is 12.2. The lowest BCUT2D eigenvalue weighted by atomic mass is 9.73. The lowest BCUT2D eigenvalue weighted by molar-refractivity contribution is -0.140. The molecule has 33 heteroatoms. The van der Waals surface area contributed by atoms with Crippen LogP contribution in [0.2, 0.25) is 25.1 Å². The van der Waals surface area contributed by atoms with Crippen molar-refractivity contribution in [3.05, 3.63) is 177 Å². The van der Waals surface area contributed by atoms with Crippen LogP contribution in [-0.2, 0) is 29.4 Å². The van der Waals surface area contributed by atoms with Crippen LogP contribution in [0, 0.1) is 0 Å². The van der Waals surface area contributed by atoms with E-state index in [1.807, 2.05) is 54.9 Å². The Bertz CT molecular complexity index is 5700. The minimum atomic E-state index is -3.19. The topological polar surface area (TPSA) is 310 Å². The van der Waals surface area contributed by atoms with Gasteiger partial charge in [0.1, 0.15) is 5.54 Å². The van der Waals surface area contributed by atoms with Gasteiger partial charge in [0.2, 0.25) is 15.9 Å². The van der Waals surface area contributed by atoms with Gasteiger partial charge in [-0.05, 0) is 161 Å². The molecule has 7 fully saturated rings. The smallest absolute Gasteiger partial charge is 0.324 e. The van der Waals surface area contributed by atoms with E-state index >= 15 is 0 Å². The number of hydrogen-bond acceptors (Lipinski definition) is 17. The van der Waals surface area contributed by atoms with Crippen molar-refractivity contribution in [1.82, 2.24) is 70.4 Å². The molecule has 7 N–H and O–H groups in total. The number of aromatic amines is 5. The monoisotopic (exact) mass is 1640 g/mol. The number of fused-ring (bicyclic) bond motifs is 5. The van der Waals surface area contributed by atoms with E-state index in [-0.39, 0.29) is 33.8 Å². The van der Waals surface area contributed by atoms with Crippen molar-refractivity contribution in [3.63, 3.8) is 0 Å². The molecule has 0 unspecified atom stereocenters. The Labute approximate surface area is 666 Å². The quantitative estimate of drug-likeness (QED) is 0.0661. The third-order valence-electron chi connectivity index (χ3n) is 23.0. The number of nitrogens with one attached hydrogen (secondary N) is 7. The highest BCUT2D eigenvalue weighted by molar-refractivity contribution is 7.90. The summed E-state index contributed by atoms with van der Waals surface area (Å²) in [6, 6.07) is 36.1. The van der Waals surface area contributed by atoms with E-state index in [9.17, 15) is 31.2 Å². The fraction of sp³-hybridized carbons (Fsp3) is 0.359. The van der Waals surface area contributed by atoms with Crippen LogP contribution in [0.5, 0.6) is 0 Å². The molecule has 580 valence electrons. The summed E-state index contributed by atoms with van der Waals surface area (Å²) in [6.07, 6.45) is 21.4. The van der Waals surface area contributed by atoms with Crippen molar-refractivity contribution >= 4 is 184 Å². The number of halogens is 5. The number of piperazine rings is 2. The van der Waals surface area contributed by atoms with Crippen LogP contribution in [-0.4, -0.2) is 201 Å². The van der Waals surface area contributed by atoms with Crippen LogP contribution in [0.3, 0.4) is 0 Å². The van der Waals surface area contributed by atoms with Crippen molar-refractivity contribution in [3.8, 4) is 0 Å². The largest absolute Gasteiger partial charge is 0.371 e. The van der Waals surface area contributed by atoms with Crippen molar-refractivity contribution in [1.29, 1.82) is 0 Å². The average molecular weight is 1640 g/mol. The van der Waals surface area contributed by atoms with E-state index < -0.39 is 25.4 Å². The highest BCUT2D eigenvalue weighted by Gasteiger charge is 2.53. The summed E-state index contributed by atoms with van der Waals surface area (Å²) in [5.74, 6) is 0.666. The molecule has 5 saturated heterocycles. The van der Waals surface area contributed by atoms with Gasteiger partial charge in [0.15, 0.2) is 9.84 Å². The molecule has 2 aliphatic carbocycles. The first-order chi connectivity index (χ1) is 53.2. The Morgan fingerprint density at radius 3 is 1.32 bits per heavy atom. The number of anilines is 6. The molecule has 10 heterocycles. The molecule has 19 rings (SSSR count). The van der Waals surface area contributed by atoms with E-state index in [4.69, 9.17) is 58.0 Å². The number of hydrogen-bond donors (Lipinski definition) is 7. The van der Waals surface area contributed by atoms with Crippen molar-refractivity contribution in [2.75, 3.05) is 110 Å². The summed E-state index contributed by atoms with van der Waals surface area (Å²) in [4.78, 5) is 49.0. The minimum Gasteiger partial charge on any atom is -0.371 e. The second-order valence-corrected chi connectivity index (χ2v) is 35.8. The number of H-pyrrole nitrogens is 5. The zero-order valence-electron chi connectivity index (χ0n) is 61.5. The summed E-state index contributed by atoms with van der Waals surface area (Å²) >= 11 is 31.0. The molecule has 3 spiro atoms. The number of sulfonamides is 1. The van der Waals surface area contributed by atoms with Crippen molar-refractivity contribution < 1.29 is 31.2 Å². The number of likely N-dealkylation sites (N-methyl/N-ethyl adjacent to an activating group) is 1. The number of amides is 4. The first-order valence-electron chi connectivity index (χ1n) is 36.8. The van der Waals surface area contributed by atoms with E-state index in [1.54, 1.807) is 73.3 Å². The molecule has 0 bridgehead atoms. The molecule has 26 nitrogen and oxygen atoms in total. The van der Waals surface area contributed by atoms with Gasteiger partial charge in [-0.3, -0.25) is 40.4 Å². The van der Waals surface area contributed by atoms with Gasteiger partial charge >= 0.3 is 6.03 Å². The summed E-state index contributed by atoms with van der Waals surface area (Å²) in [5, 5.41) is 49.4. The van der Waals surface area contributed by atoms with E-state index in [2.05, 4.69) is 123 Å². The normalized spacial score (nSPS) is 18.3. The highest BCUT2D eigenvalue weighted by Crippen LogP contribution is 2.46. The number of carbonyl (C=O) groups is 3. The number of benzene rings is 7. The number of nitrogens with zero attached hydrogens (tertiary/aromatic N) is 12. The predicted molar refractivity (Wildman–Crippen MR) is 441 cm³/mol. The van der Waals surface area contributed by atoms with Crippen LogP contribution in [0.4, 0.5) is 38.9 Å². The Morgan fingerprint density at radius 1 is 0.486 bits per heavy atom. The van der Waals surface area contributed by atoms with Crippen LogP contribution in [0.15, 0.2) is 151 Å². The van der Waals surface area contributed by atoms with Crippen molar-refractivity contribution in [2.45, 2.75) is 98.6 Å². The molecule has 111 heavy (non-hydrogen) atoms. The molecule has 12 aromatic rings. The molecule has 5 aliphatic heterocycles. The fourth-order valence-corrected chi connectivity index (χ4v) is 20.0. The lowest BCUT2D eigenvalue weighted by Gasteiger charge is -2.56. The standard InChI is InChI=1S/C18H18ClN3.C16H19ClN4O.C15H16ClN5O2.C15H19ClN4O2S.C14H12ClN3O2S/c19-15-10-17-16(12-20-21-17)18(11-15)22-8-6-14(7-9-22)13-4-2-1-3-5-13;1-11(22)21-6-5-20(10-16(21)3-2-4-16)15-8-12(17)7-14-13(15)9-18-19-14;1-20-14(23)18-13(22)15(20)2-4-21(5-3-15)12-7-9(16)6-11-10(12)8-17-19-11;1-23(21,22)20-6-5-19(10-15(20)3-2-4-15)14-8-11(16)7-13-12(14)9-17-18-13;1-21(19,20)11-4-2-10(3-5-11)17-13-6-9(15)7-14-12(13)8-16-18-14/h1-5,10-12,14H,6-9H2,(H,20,21);7-9H,2-6,10H2,1H3,(H,18,19);6-8H,2-5H2,1H3,(H,17,19)(H,18,22,23);7-9H,2-6,10H2,1H3,(H,17,18);2-8,17H,1H3,(H,16,18). The van der Waals surface area contributed by atoms with Gasteiger partial charge in [-0.1, -0.05) is 88.3 Å². The Balaban J connectivity index is 0.000000110. The van der Waals surface area contributed by atoms with Crippen LogP contribution >= 0.6 is 58.0 Å². The van der Waals surface area contributed by atoms with E-state index in [0.29, 0.717) is 71.6 Å². The van der Waals surface area contributed by atoms with Crippen molar-refractivity contribution in [2.24, 2.45) is 0 Å². The van der Waals surface area contributed by atoms with Gasteiger partial charge in [-0.25, -0.2) is 21.6 Å². The summed E-state index contributed by atoms with van der Waals surface area (Å²) in [7, 11) is -4.68. The zero-order valence-corrected chi connectivity index (χ0v) is 66.9. The number of piperidine rings is 2. The van der Waals surface area contributed by atoms with Gasteiger partial charge in [0.05, 0.1) is 86.5 Å². The van der Waals surface area contributed by atoms with Gasteiger partial charge < -0.3 is 34.7 Å². The summed E-state index contributed by atoms with van der Waals surface area (Å²) in [6.45, 7) is 9.53. The van der Waals surface area contributed by atoms with Crippen LogP contribution in [0.1, 0.15) is 82.6 Å². The van der Waals surface area contributed by atoms with Crippen LogP contribution in [0.25, 0.3) is 54.5 Å². The first kappa shape index (κ1) is 77.0. The number of carbonyl (C=O) groups excluding carboxylic acids is 3. The molecular weight excluding hydrogens is 1560 g/mol. The molecule has 2 saturated carbocycles. The number of aromatic nitrogens is 10. The first-order valence-corrected chi connectivity index (χ1v) is 42.5. The molecule has 0 radical (unpaired) electrons. The molecule has 7 aromatic carbocycles. The molecule has 0 atom stereocenters. The van der Waals surface area contributed by atoms with Gasteiger partial charge in [-0.2, -0.15) is 29.8 Å². The maximum absolute atomic E-state index is 12.2. The fourth-order valence-electron chi connectivity index (χ4n) is 17.0. The number of sulfone groups is 1. The zero-order chi connectivity index (χ0) is 77.7. The third-order valence-corrected chi connectivity index (χ3v) is 26.6. The predicted octanol–water partition coefficient (Wildman–Crippen LogP) is 14.7. The van der Waals surface area contributed by atoms with Gasteiger partial charge in [0.25, 0.3) is 5.91 Å². The SMILES string of the molecule is CC(=O)N1CCN(c2cc(Cl)cc3[nH]ncc23)CC12CCC2.CN1C(=O)NC(=O)C12CCN(c1cc(Cl)cc3[nH]ncc13)CC2.CS(=O)(=O)N1CCN(c2cc(Cl)cc3[nH]ncc23)CC12CCC2.CS(=O)(=O)c1ccc(Nc2cc(Cl)cc3[nH]ncc23)cc1.Clc1cc(N2CCC(c3ccccc3)CC2)c2cn[nH]c2c1. The molecule has 7 aliphatic rings. The number of imide groups is 1. The second-order valence-electron chi connectivity index (χ2n) is 29.7. The Morgan fingerprint density at radius 2 is 0.901 bits per heavy atom. The molecule has 5 aromatic heterocycles. The minimum absolute atomic E-state index is 0.0163. The third kappa shape index (κ3) is 15.8. The van der Waals surface area contributed by atoms with Gasteiger partial charge in [0, 0.05) is 166 Å². The molecular formula is C78H84Cl5N19O7S2. The second kappa shape index (κ2) is 31.3. The van der Waals surface area contributed by atoms with Gasteiger partial charge in [-0.15, -0.1) is 0 Å². The van der Waals surface area contributed by atoms with E-state index in [1.165, 1.54) is 47.9 Å².